The van der Waals surface area contributed by atoms with E-state index in [9.17, 15) is 22.4 Å². The molecule has 0 spiro atoms. The van der Waals surface area contributed by atoms with E-state index in [4.69, 9.17) is 5.41 Å². The Balaban J connectivity index is 1.40. The molecule has 3 saturated carbocycles. The van der Waals surface area contributed by atoms with Gasteiger partial charge in [0.15, 0.2) is 10.5 Å². The average Bonchev–Trinajstić information content (AvgIpc) is 3.48. The molecule has 3 aliphatic carbocycles. The number of rotatable bonds is 8. The third-order valence-electron chi connectivity index (χ3n) is 9.36. The molecule has 0 saturated heterocycles. The molecule has 1 amide bonds. The summed E-state index contributed by atoms with van der Waals surface area (Å²) in [5.74, 6) is -0.427. The number of alkyl halides is 4. The fraction of sp³-hybridized carbons (Fsp3) is 0.759. The van der Waals surface area contributed by atoms with E-state index in [0.29, 0.717) is 42.9 Å². The smallest absolute Gasteiger partial charge is 0.353 e. The number of aromatic nitrogens is 3. The van der Waals surface area contributed by atoms with Crippen LogP contribution in [-0.2, 0) is 17.5 Å². The first-order valence-electron chi connectivity index (χ1n) is 14.7. The lowest BCUT2D eigenvalue weighted by molar-refractivity contribution is -0.142. The summed E-state index contributed by atoms with van der Waals surface area (Å²) in [6.07, 6.45) is 3.51. The number of thiazole rings is 1. The van der Waals surface area contributed by atoms with Crippen LogP contribution in [0.3, 0.4) is 0 Å². The van der Waals surface area contributed by atoms with E-state index in [1.54, 1.807) is 13.8 Å². The van der Waals surface area contributed by atoms with Gasteiger partial charge in [0.05, 0.1) is 0 Å². The Morgan fingerprint density at radius 3 is 2.48 bits per heavy atom. The molecule has 5 rings (SSSR count). The molecule has 2 N–H and O–H groups in total. The summed E-state index contributed by atoms with van der Waals surface area (Å²) in [7, 11) is 0. The molecule has 0 aliphatic heterocycles. The number of amides is 1. The number of nitrogens with zero attached hydrogens (tertiary/aromatic N) is 3. The van der Waals surface area contributed by atoms with Gasteiger partial charge in [0.2, 0.25) is 5.91 Å². The Labute approximate surface area is 237 Å². The van der Waals surface area contributed by atoms with Crippen molar-refractivity contribution >= 4 is 17.2 Å². The topological polar surface area (TPSA) is 75.7 Å². The van der Waals surface area contributed by atoms with Crippen LogP contribution in [0.25, 0.3) is 0 Å². The van der Waals surface area contributed by atoms with Gasteiger partial charge in [-0.3, -0.25) is 14.9 Å². The maximum atomic E-state index is 14.2. The van der Waals surface area contributed by atoms with Crippen molar-refractivity contribution in [1.82, 2.24) is 19.7 Å². The summed E-state index contributed by atoms with van der Waals surface area (Å²) >= 11 is 1.31. The van der Waals surface area contributed by atoms with E-state index in [1.807, 2.05) is 23.1 Å². The standard InChI is InChI=1S/C29H41F4N5OS/c1-16(2)38-15-23(26(36-38)29(31,32)33)21-11-18(14-37-8-9-40-28(37)34)12-22(13-21)27(39)35-25(19-4-5-19)20-6-7-24(30)17(3)10-20/h8-9,15-22,24-25,34H,4-7,10-14H2,1-3H3,(H,35,39)/t17?,18?,20?,21?,22?,24?,25-/m0/s1. The van der Waals surface area contributed by atoms with Crippen molar-refractivity contribution < 1.29 is 22.4 Å². The SMILES string of the molecule is CC1CC([C@@H](NC(=O)C2CC(Cn3ccsc3=N)CC(c3cn(C(C)C)nc3C(F)(F)F)C2)C2CC2)CCC1F. The van der Waals surface area contributed by atoms with E-state index in [1.165, 1.54) is 22.2 Å². The highest BCUT2D eigenvalue weighted by Gasteiger charge is 2.45. The number of carbonyl (C=O) groups is 1. The lowest BCUT2D eigenvalue weighted by atomic mass is 9.71. The Hall–Kier alpha value is -2.17. The molecule has 222 valence electrons. The van der Waals surface area contributed by atoms with Crippen LogP contribution in [0.15, 0.2) is 17.8 Å². The van der Waals surface area contributed by atoms with Crippen LogP contribution in [0.1, 0.15) is 95.4 Å². The van der Waals surface area contributed by atoms with Gasteiger partial charge in [-0.25, -0.2) is 4.39 Å². The first kappa shape index (κ1) is 29.3. The molecule has 0 bridgehead atoms. The minimum atomic E-state index is -4.58. The van der Waals surface area contributed by atoms with Crippen LogP contribution in [-0.4, -0.2) is 32.5 Å². The second-order valence-corrected chi connectivity index (χ2v) is 13.7. The average molecular weight is 584 g/mol. The largest absolute Gasteiger partial charge is 0.435 e. The van der Waals surface area contributed by atoms with Crippen molar-refractivity contribution in [3.05, 3.63) is 33.8 Å². The van der Waals surface area contributed by atoms with Crippen LogP contribution < -0.4 is 10.1 Å². The van der Waals surface area contributed by atoms with Crippen LogP contribution in [0.2, 0.25) is 0 Å². The molecule has 2 aromatic rings. The van der Waals surface area contributed by atoms with Crippen LogP contribution in [0, 0.1) is 35.0 Å². The Bertz CT molecular complexity index is 1230. The van der Waals surface area contributed by atoms with Crippen molar-refractivity contribution in [2.24, 2.45) is 29.6 Å². The Kier molecular flexibility index (Phi) is 8.51. The zero-order valence-electron chi connectivity index (χ0n) is 23.5. The van der Waals surface area contributed by atoms with Crippen molar-refractivity contribution in [1.29, 1.82) is 5.41 Å². The van der Waals surface area contributed by atoms with Gasteiger partial charge in [-0.1, -0.05) is 6.92 Å². The van der Waals surface area contributed by atoms with Gasteiger partial charge in [0.1, 0.15) is 6.17 Å². The number of carbonyl (C=O) groups excluding carboxylic acids is 1. The number of hydrogen-bond acceptors (Lipinski definition) is 4. The number of nitrogens with one attached hydrogen (secondary N) is 2. The summed E-state index contributed by atoms with van der Waals surface area (Å²) < 4.78 is 59.7. The first-order valence-corrected chi connectivity index (χ1v) is 15.6. The Morgan fingerprint density at radius 2 is 1.88 bits per heavy atom. The van der Waals surface area contributed by atoms with E-state index >= 15 is 0 Å². The second kappa shape index (κ2) is 11.6. The van der Waals surface area contributed by atoms with Gasteiger partial charge < -0.3 is 9.88 Å². The molecule has 7 atom stereocenters. The first-order chi connectivity index (χ1) is 18.9. The van der Waals surface area contributed by atoms with Gasteiger partial charge in [-0.2, -0.15) is 18.3 Å². The lowest BCUT2D eigenvalue weighted by Gasteiger charge is -2.38. The number of halogens is 4. The quantitative estimate of drug-likeness (QED) is 0.340. The predicted octanol–water partition coefficient (Wildman–Crippen LogP) is 6.69. The van der Waals surface area contributed by atoms with Crippen molar-refractivity contribution in [2.75, 3.05) is 0 Å². The predicted molar refractivity (Wildman–Crippen MR) is 145 cm³/mol. The molecule has 0 aromatic carbocycles. The maximum absolute atomic E-state index is 14.2. The maximum Gasteiger partial charge on any atom is 0.435 e. The second-order valence-electron chi connectivity index (χ2n) is 12.8. The molecular formula is C29H41F4N5OS. The fourth-order valence-corrected chi connectivity index (χ4v) is 7.66. The molecule has 2 aromatic heterocycles. The molecule has 6 unspecified atom stereocenters. The van der Waals surface area contributed by atoms with Crippen molar-refractivity contribution in [3.63, 3.8) is 0 Å². The van der Waals surface area contributed by atoms with Gasteiger partial charge in [0.25, 0.3) is 0 Å². The summed E-state index contributed by atoms with van der Waals surface area (Å²) in [6.45, 7) is 6.04. The van der Waals surface area contributed by atoms with Gasteiger partial charge >= 0.3 is 6.18 Å². The number of hydrogen-bond donors (Lipinski definition) is 2. The van der Waals surface area contributed by atoms with Crippen LogP contribution in [0.5, 0.6) is 0 Å². The Morgan fingerprint density at radius 1 is 1.15 bits per heavy atom. The monoisotopic (exact) mass is 583 g/mol. The summed E-state index contributed by atoms with van der Waals surface area (Å²) in [5.41, 5.74) is -0.692. The summed E-state index contributed by atoms with van der Waals surface area (Å²) in [5, 5.41) is 17.3. The zero-order chi connectivity index (χ0) is 28.8. The van der Waals surface area contributed by atoms with E-state index in [2.05, 4.69) is 10.4 Å². The molecule has 2 heterocycles. The highest BCUT2D eigenvalue weighted by molar-refractivity contribution is 7.06. The van der Waals surface area contributed by atoms with Gasteiger partial charge in [0, 0.05) is 47.9 Å². The minimum absolute atomic E-state index is 0.00166. The van der Waals surface area contributed by atoms with Crippen LogP contribution >= 0.6 is 11.3 Å². The molecule has 40 heavy (non-hydrogen) atoms. The third kappa shape index (κ3) is 6.49. The van der Waals surface area contributed by atoms with E-state index < -0.39 is 29.9 Å². The molecule has 0 radical (unpaired) electrons. The minimum Gasteiger partial charge on any atom is -0.353 e. The zero-order valence-corrected chi connectivity index (χ0v) is 24.3. The molecule has 3 fully saturated rings. The van der Waals surface area contributed by atoms with Gasteiger partial charge in [-0.05, 0) is 94.8 Å². The highest BCUT2D eigenvalue weighted by Crippen LogP contribution is 2.46. The fourth-order valence-electron chi connectivity index (χ4n) is 7.05. The van der Waals surface area contributed by atoms with E-state index in [0.717, 1.165) is 25.7 Å². The molecular weight excluding hydrogens is 542 g/mol. The molecule has 3 aliphatic rings. The lowest BCUT2D eigenvalue weighted by Crippen LogP contribution is -2.48. The van der Waals surface area contributed by atoms with Crippen LogP contribution in [0.4, 0.5) is 17.6 Å². The highest BCUT2D eigenvalue weighted by atomic mass is 32.1. The molecule has 6 nitrogen and oxygen atoms in total. The summed E-state index contributed by atoms with van der Waals surface area (Å²) in [4.78, 5) is 14.2. The van der Waals surface area contributed by atoms with Crippen molar-refractivity contribution in [3.8, 4) is 0 Å². The van der Waals surface area contributed by atoms with Gasteiger partial charge in [-0.15, -0.1) is 11.3 Å². The normalized spacial score (nSPS) is 30.4. The summed E-state index contributed by atoms with van der Waals surface area (Å²) in [6, 6.07) is -0.219. The van der Waals surface area contributed by atoms with Crippen molar-refractivity contribution in [2.45, 2.75) is 109 Å². The third-order valence-corrected chi connectivity index (χ3v) is 10.1. The molecule has 11 heteroatoms. The van der Waals surface area contributed by atoms with E-state index in [-0.39, 0.29) is 41.3 Å².